The molecule has 0 aliphatic carbocycles. The number of halogens is 2. The number of nitrogens with zero attached hydrogens (tertiary/aromatic N) is 1. The normalized spacial score (nSPS) is 10.3. The summed E-state index contributed by atoms with van der Waals surface area (Å²) in [5.74, 6) is 1.46. The van der Waals surface area contributed by atoms with Crippen LogP contribution in [-0.4, -0.2) is 18.7 Å². The molecule has 1 aromatic heterocycles. The largest absolute Gasteiger partial charge is 0.493 e. The molecule has 0 aliphatic rings. The number of anilines is 1. The van der Waals surface area contributed by atoms with E-state index in [0.717, 1.165) is 26.1 Å². The third kappa shape index (κ3) is 4.35. The lowest BCUT2D eigenvalue weighted by molar-refractivity contribution is 0.311. The maximum Gasteiger partial charge on any atom is 0.162 e. The molecule has 0 amide bonds. The molecule has 0 bridgehead atoms. The van der Waals surface area contributed by atoms with Gasteiger partial charge in [0.15, 0.2) is 11.5 Å². The summed E-state index contributed by atoms with van der Waals surface area (Å²) in [4.78, 5) is 4.37. The highest BCUT2D eigenvalue weighted by atomic mass is 79.9. The molecule has 0 saturated heterocycles. The minimum atomic E-state index is 0.610. The number of hydrogen-bond donors (Lipinski definition) is 1. The minimum absolute atomic E-state index is 0.610. The lowest BCUT2D eigenvalue weighted by Gasteiger charge is -2.12. The fourth-order valence-electron chi connectivity index (χ4n) is 1.81. The zero-order chi connectivity index (χ0) is 15.2. The van der Waals surface area contributed by atoms with Crippen molar-refractivity contribution in [2.24, 2.45) is 0 Å². The Hall–Kier alpha value is -1.27. The quantitative estimate of drug-likeness (QED) is 0.747. The molecular weight excluding hydrogens is 400 g/mol. The van der Waals surface area contributed by atoms with E-state index in [-0.39, 0.29) is 0 Å². The Balaban J connectivity index is 2.09. The topological polar surface area (TPSA) is 43.4 Å². The number of pyridine rings is 1. The van der Waals surface area contributed by atoms with Crippen molar-refractivity contribution in [2.45, 2.75) is 13.5 Å². The van der Waals surface area contributed by atoms with Gasteiger partial charge in [-0.1, -0.05) is 0 Å². The molecule has 21 heavy (non-hydrogen) atoms. The van der Waals surface area contributed by atoms with Crippen LogP contribution >= 0.6 is 31.9 Å². The molecule has 0 radical (unpaired) electrons. The van der Waals surface area contributed by atoms with Crippen molar-refractivity contribution in [3.05, 3.63) is 45.1 Å². The van der Waals surface area contributed by atoms with Gasteiger partial charge >= 0.3 is 0 Å². The maximum absolute atomic E-state index is 5.50. The molecule has 1 aromatic carbocycles. The van der Waals surface area contributed by atoms with Crippen molar-refractivity contribution in [3.63, 3.8) is 0 Å². The molecule has 6 heteroatoms. The molecule has 0 atom stereocenters. The van der Waals surface area contributed by atoms with Gasteiger partial charge in [0.25, 0.3) is 0 Å². The average Bonchev–Trinajstić information content (AvgIpc) is 2.47. The Kier molecular flexibility index (Phi) is 5.87. The van der Waals surface area contributed by atoms with Gasteiger partial charge in [-0.3, -0.25) is 4.98 Å². The average molecular weight is 416 g/mol. The van der Waals surface area contributed by atoms with E-state index in [1.165, 1.54) is 0 Å². The first-order chi connectivity index (χ1) is 10.1. The number of hydrogen-bond acceptors (Lipinski definition) is 4. The van der Waals surface area contributed by atoms with E-state index in [1.807, 2.05) is 31.2 Å². The van der Waals surface area contributed by atoms with Crippen molar-refractivity contribution in [1.82, 2.24) is 4.98 Å². The highest BCUT2D eigenvalue weighted by Crippen LogP contribution is 2.30. The second-order valence-corrected chi connectivity index (χ2v) is 6.00. The number of ether oxygens (including phenoxy) is 2. The van der Waals surface area contributed by atoms with Crippen LogP contribution in [0.5, 0.6) is 11.5 Å². The van der Waals surface area contributed by atoms with Crippen LogP contribution in [0.2, 0.25) is 0 Å². The van der Waals surface area contributed by atoms with Gasteiger partial charge in [-0.05, 0) is 57.0 Å². The van der Waals surface area contributed by atoms with Crippen molar-refractivity contribution < 1.29 is 9.47 Å². The van der Waals surface area contributed by atoms with E-state index in [0.29, 0.717) is 18.9 Å². The zero-order valence-electron chi connectivity index (χ0n) is 11.8. The molecule has 112 valence electrons. The summed E-state index contributed by atoms with van der Waals surface area (Å²) in [6.07, 6.45) is 1.78. The smallest absolute Gasteiger partial charge is 0.162 e. The molecule has 4 nitrogen and oxygen atoms in total. The molecule has 2 rings (SSSR count). The van der Waals surface area contributed by atoms with Gasteiger partial charge in [0, 0.05) is 26.9 Å². The molecule has 0 unspecified atom stereocenters. The Labute approximate surface area is 141 Å². The first kappa shape index (κ1) is 16.1. The summed E-state index contributed by atoms with van der Waals surface area (Å²) in [6.45, 7) is 3.17. The van der Waals surface area contributed by atoms with Crippen LogP contribution in [0.1, 0.15) is 12.6 Å². The van der Waals surface area contributed by atoms with Crippen molar-refractivity contribution in [2.75, 3.05) is 19.0 Å². The third-order valence-electron chi connectivity index (χ3n) is 2.81. The summed E-state index contributed by atoms with van der Waals surface area (Å²) >= 11 is 6.89. The third-order valence-corrected chi connectivity index (χ3v) is 3.93. The first-order valence-electron chi connectivity index (χ1n) is 6.48. The van der Waals surface area contributed by atoms with Crippen LogP contribution in [-0.2, 0) is 6.54 Å². The van der Waals surface area contributed by atoms with E-state index >= 15 is 0 Å². The SMILES string of the molecule is CCOc1ccc(NCc2ncc(Br)cc2Br)cc1OC. The predicted octanol–water partition coefficient (Wildman–Crippen LogP) is 4.63. The van der Waals surface area contributed by atoms with E-state index in [1.54, 1.807) is 13.3 Å². The highest BCUT2D eigenvalue weighted by Gasteiger charge is 2.06. The standard InChI is InChI=1S/C15H16Br2N2O2/c1-3-21-14-5-4-11(7-15(14)20-2)18-9-13-12(17)6-10(16)8-19-13/h4-8,18H,3,9H2,1-2H3. The maximum atomic E-state index is 5.50. The Morgan fingerprint density at radius 1 is 1.19 bits per heavy atom. The van der Waals surface area contributed by atoms with Gasteiger partial charge in [0.1, 0.15) is 0 Å². The zero-order valence-corrected chi connectivity index (χ0v) is 15.0. The fourth-order valence-corrected chi connectivity index (χ4v) is 2.94. The number of benzene rings is 1. The Morgan fingerprint density at radius 3 is 2.67 bits per heavy atom. The van der Waals surface area contributed by atoms with Crippen LogP contribution < -0.4 is 14.8 Å². The van der Waals surface area contributed by atoms with Gasteiger partial charge in [-0.15, -0.1) is 0 Å². The number of methoxy groups -OCH3 is 1. The number of aromatic nitrogens is 1. The first-order valence-corrected chi connectivity index (χ1v) is 8.07. The van der Waals surface area contributed by atoms with Crippen LogP contribution in [0, 0.1) is 0 Å². The summed E-state index contributed by atoms with van der Waals surface area (Å²) in [5, 5.41) is 3.32. The van der Waals surface area contributed by atoms with E-state index in [9.17, 15) is 0 Å². The van der Waals surface area contributed by atoms with Gasteiger partial charge in [-0.2, -0.15) is 0 Å². The van der Waals surface area contributed by atoms with Gasteiger partial charge in [0.2, 0.25) is 0 Å². The van der Waals surface area contributed by atoms with E-state index in [2.05, 4.69) is 42.2 Å². The van der Waals surface area contributed by atoms with Crippen molar-refractivity contribution >= 4 is 37.5 Å². The predicted molar refractivity (Wildman–Crippen MR) is 91.1 cm³/mol. The van der Waals surface area contributed by atoms with E-state index < -0.39 is 0 Å². The van der Waals surface area contributed by atoms with Crippen molar-refractivity contribution in [3.8, 4) is 11.5 Å². The summed E-state index contributed by atoms with van der Waals surface area (Å²) in [5.41, 5.74) is 1.89. The number of nitrogens with one attached hydrogen (secondary N) is 1. The van der Waals surface area contributed by atoms with Crippen LogP contribution in [0.25, 0.3) is 0 Å². The van der Waals surface area contributed by atoms with Crippen LogP contribution in [0.4, 0.5) is 5.69 Å². The molecule has 0 aliphatic heterocycles. The molecule has 0 saturated carbocycles. The molecule has 0 spiro atoms. The molecule has 1 N–H and O–H groups in total. The Bertz CT molecular complexity index is 621. The molecule has 0 fully saturated rings. The molecule has 1 heterocycles. The molecule has 2 aromatic rings. The minimum Gasteiger partial charge on any atom is -0.493 e. The second kappa shape index (κ2) is 7.66. The number of rotatable bonds is 6. The van der Waals surface area contributed by atoms with Crippen molar-refractivity contribution in [1.29, 1.82) is 0 Å². The second-order valence-electron chi connectivity index (χ2n) is 4.23. The van der Waals surface area contributed by atoms with Gasteiger partial charge in [0.05, 0.1) is 26.0 Å². The summed E-state index contributed by atoms with van der Waals surface area (Å²) in [6, 6.07) is 7.75. The van der Waals surface area contributed by atoms with Gasteiger partial charge in [-0.25, -0.2) is 0 Å². The van der Waals surface area contributed by atoms with Gasteiger partial charge < -0.3 is 14.8 Å². The van der Waals surface area contributed by atoms with Crippen LogP contribution in [0.3, 0.4) is 0 Å². The molecular formula is C15H16Br2N2O2. The monoisotopic (exact) mass is 414 g/mol. The lowest BCUT2D eigenvalue weighted by atomic mass is 10.2. The summed E-state index contributed by atoms with van der Waals surface area (Å²) < 4.78 is 12.7. The summed E-state index contributed by atoms with van der Waals surface area (Å²) in [7, 11) is 1.63. The van der Waals surface area contributed by atoms with E-state index in [4.69, 9.17) is 9.47 Å². The highest BCUT2D eigenvalue weighted by molar-refractivity contribution is 9.11. The Morgan fingerprint density at radius 2 is 2.00 bits per heavy atom. The van der Waals surface area contributed by atoms with Crippen LogP contribution in [0.15, 0.2) is 39.4 Å². The lowest BCUT2D eigenvalue weighted by Crippen LogP contribution is -2.03. The fraction of sp³-hybridized carbons (Fsp3) is 0.267.